The van der Waals surface area contributed by atoms with Gasteiger partial charge in [-0.25, -0.2) is 13.8 Å². The fourth-order valence-electron chi connectivity index (χ4n) is 1.96. The van der Waals surface area contributed by atoms with Gasteiger partial charge in [-0.2, -0.15) is 0 Å². The van der Waals surface area contributed by atoms with Gasteiger partial charge in [0.15, 0.2) is 0 Å². The molecule has 2 aromatic rings. The zero-order valence-electron chi connectivity index (χ0n) is 9.62. The van der Waals surface area contributed by atoms with Gasteiger partial charge in [-0.1, -0.05) is 0 Å². The molecule has 2 nitrogen and oxygen atoms in total. The zero-order chi connectivity index (χ0) is 12.7. The molecule has 2 N–H and O–H groups in total. The van der Waals surface area contributed by atoms with Crippen molar-refractivity contribution < 1.29 is 8.78 Å². The first-order chi connectivity index (χ1) is 8.69. The van der Waals surface area contributed by atoms with E-state index in [0.717, 1.165) is 29.5 Å². The Labute approximate surface area is 107 Å². The first kappa shape index (κ1) is 11.7. The van der Waals surface area contributed by atoms with Crippen LogP contribution < -0.4 is 5.73 Å². The molecule has 1 heterocycles. The molecule has 0 unspecified atom stereocenters. The number of nitrogens with two attached hydrogens (primary N) is 1. The van der Waals surface area contributed by atoms with Crippen molar-refractivity contribution in [3.05, 3.63) is 40.4 Å². The van der Waals surface area contributed by atoms with Gasteiger partial charge in [-0.05, 0) is 25.0 Å². The Bertz CT molecular complexity index is 591. The Morgan fingerprint density at radius 2 is 2.11 bits per heavy atom. The minimum Gasteiger partial charge on any atom is -0.326 e. The van der Waals surface area contributed by atoms with Gasteiger partial charge < -0.3 is 5.73 Å². The van der Waals surface area contributed by atoms with E-state index < -0.39 is 11.6 Å². The number of hydrogen-bond acceptors (Lipinski definition) is 3. The van der Waals surface area contributed by atoms with Crippen LogP contribution in [0.1, 0.15) is 29.3 Å². The van der Waals surface area contributed by atoms with E-state index in [1.807, 2.05) is 0 Å². The second kappa shape index (κ2) is 4.40. The van der Waals surface area contributed by atoms with Crippen LogP contribution in [0.25, 0.3) is 10.6 Å². The molecule has 0 radical (unpaired) electrons. The summed E-state index contributed by atoms with van der Waals surface area (Å²) in [6.45, 7) is 0.423. The largest absolute Gasteiger partial charge is 0.326 e. The lowest BCUT2D eigenvalue weighted by Gasteiger charge is -1.98. The molecule has 0 bridgehead atoms. The molecule has 0 spiro atoms. The number of aromatic nitrogens is 1. The lowest BCUT2D eigenvalue weighted by atomic mass is 10.2. The van der Waals surface area contributed by atoms with Crippen LogP contribution in [0.2, 0.25) is 0 Å². The van der Waals surface area contributed by atoms with E-state index in [1.54, 1.807) is 0 Å². The van der Waals surface area contributed by atoms with Crippen LogP contribution in [0.3, 0.4) is 0 Å². The van der Waals surface area contributed by atoms with E-state index in [-0.39, 0.29) is 0 Å². The average molecular weight is 266 g/mol. The third-order valence-electron chi connectivity index (χ3n) is 3.04. The minimum atomic E-state index is -0.575. The highest BCUT2D eigenvalue weighted by Crippen LogP contribution is 2.44. The predicted octanol–water partition coefficient (Wildman–Crippen LogP) is 3.42. The minimum absolute atomic E-state index is 0.350. The molecule has 1 saturated carbocycles. The second-order valence-corrected chi connectivity index (χ2v) is 5.51. The second-order valence-electron chi connectivity index (χ2n) is 4.43. The van der Waals surface area contributed by atoms with Gasteiger partial charge in [0, 0.05) is 29.0 Å². The molecule has 18 heavy (non-hydrogen) atoms. The summed E-state index contributed by atoms with van der Waals surface area (Å²) in [7, 11) is 0. The Morgan fingerprint density at radius 1 is 1.33 bits per heavy atom. The molecule has 1 aliphatic rings. The zero-order valence-corrected chi connectivity index (χ0v) is 10.4. The number of rotatable bonds is 3. The maximum atomic E-state index is 13.7. The Balaban J connectivity index is 2.05. The topological polar surface area (TPSA) is 38.9 Å². The monoisotopic (exact) mass is 266 g/mol. The van der Waals surface area contributed by atoms with Gasteiger partial charge in [0.1, 0.15) is 16.6 Å². The summed E-state index contributed by atoms with van der Waals surface area (Å²) in [5.41, 5.74) is 7.04. The van der Waals surface area contributed by atoms with E-state index in [1.165, 1.54) is 23.5 Å². The number of benzene rings is 1. The summed E-state index contributed by atoms with van der Waals surface area (Å²) >= 11 is 1.40. The van der Waals surface area contributed by atoms with Crippen LogP contribution in [-0.4, -0.2) is 4.98 Å². The lowest BCUT2D eigenvalue weighted by molar-refractivity contribution is 0.585. The molecule has 0 saturated heterocycles. The van der Waals surface area contributed by atoms with E-state index >= 15 is 0 Å². The molecule has 0 aliphatic heterocycles. The fraction of sp³-hybridized carbons (Fsp3) is 0.308. The number of halogens is 2. The molecule has 3 rings (SSSR count). The highest BCUT2D eigenvalue weighted by atomic mass is 32.1. The Morgan fingerprint density at radius 3 is 2.72 bits per heavy atom. The van der Waals surface area contributed by atoms with Crippen molar-refractivity contribution in [2.45, 2.75) is 25.3 Å². The molecule has 0 atom stereocenters. The van der Waals surface area contributed by atoms with Crippen molar-refractivity contribution in [3.63, 3.8) is 0 Å². The van der Waals surface area contributed by atoms with Crippen LogP contribution in [0, 0.1) is 11.6 Å². The highest BCUT2D eigenvalue weighted by Gasteiger charge is 2.29. The number of nitrogens with zero attached hydrogens (tertiary/aromatic N) is 1. The van der Waals surface area contributed by atoms with Crippen molar-refractivity contribution in [2.75, 3.05) is 0 Å². The van der Waals surface area contributed by atoms with Crippen LogP contribution in [0.5, 0.6) is 0 Å². The summed E-state index contributed by atoms with van der Waals surface area (Å²) in [6.07, 6.45) is 2.25. The SMILES string of the molecule is NCc1sc(-c2ccc(F)cc2F)nc1C1CC1. The van der Waals surface area contributed by atoms with Gasteiger partial charge in [0.25, 0.3) is 0 Å². The summed E-state index contributed by atoms with van der Waals surface area (Å²) in [4.78, 5) is 5.49. The Hall–Kier alpha value is -1.33. The van der Waals surface area contributed by atoms with E-state index in [0.29, 0.717) is 23.0 Å². The highest BCUT2D eigenvalue weighted by molar-refractivity contribution is 7.15. The molecular weight excluding hydrogens is 254 g/mol. The van der Waals surface area contributed by atoms with Gasteiger partial charge >= 0.3 is 0 Å². The van der Waals surface area contributed by atoms with Crippen molar-refractivity contribution in [1.82, 2.24) is 4.98 Å². The van der Waals surface area contributed by atoms with E-state index in [4.69, 9.17) is 5.73 Å². The molecule has 1 fully saturated rings. The van der Waals surface area contributed by atoms with Crippen LogP contribution in [-0.2, 0) is 6.54 Å². The third-order valence-corrected chi connectivity index (χ3v) is 4.17. The normalized spacial score (nSPS) is 15.1. The van der Waals surface area contributed by atoms with Crippen molar-refractivity contribution in [1.29, 1.82) is 0 Å². The maximum absolute atomic E-state index is 13.7. The van der Waals surface area contributed by atoms with Gasteiger partial charge in [-0.15, -0.1) is 11.3 Å². The van der Waals surface area contributed by atoms with Crippen LogP contribution >= 0.6 is 11.3 Å². The smallest absolute Gasteiger partial charge is 0.136 e. The summed E-state index contributed by atoms with van der Waals surface area (Å²) in [6, 6.07) is 3.56. The average Bonchev–Trinajstić information content (AvgIpc) is 3.10. The summed E-state index contributed by atoms with van der Waals surface area (Å²) in [5, 5.41) is 0.592. The first-order valence-electron chi connectivity index (χ1n) is 5.84. The van der Waals surface area contributed by atoms with Crippen molar-refractivity contribution >= 4 is 11.3 Å². The fourth-order valence-corrected chi connectivity index (χ4v) is 3.02. The molecule has 1 aromatic carbocycles. The van der Waals surface area contributed by atoms with E-state index in [9.17, 15) is 8.78 Å². The summed E-state index contributed by atoms with van der Waals surface area (Å²) in [5.74, 6) is -0.666. The maximum Gasteiger partial charge on any atom is 0.136 e. The lowest BCUT2D eigenvalue weighted by Crippen LogP contribution is -1.96. The Kier molecular flexibility index (Phi) is 2.87. The molecular formula is C13H12F2N2S. The first-order valence-corrected chi connectivity index (χ1v) is 6.65. The van der Waals surface area contributed by atoms with Crippen molar-refractivity contribution in [2.24, 2.45) is 5.73 Å². The van der Waals surface area contributed by atoms with Gasteiger partial charge in [0.05, 0.1) is 5.69 Å². The van der Waals surface area contributed by atoms with Gasteiger partial charge in [0.2, 0.25) is 0 Å². The quantitative estimate of drug-likeness (QED) is 0.924. The number of hydrogen-bond donors (Lipinski definition) is 1. The third kappa shape index (κ3) is 2.04. The van der Waals surface area contributed by atoms with Crippen LogP contribution in [0.15, 0.2) is 18.2 Å². The van der Waals surface area contributed by atoms with Gasteiger partial charge in [-0.3, -0.25) is 0 Å². The van der Waals surface area contributed by atoms with Crippen molar-refractivity contribution in [3.8, 4) is 10.6 Å². The standard InChI is InChI=1S/C13H12F2N2S/c14-8-3-4-9(10(15)5-8)13-17-12(7-1-2-7)11(6-16)18-13/h3-5,7H,1-2,6,16H2. The number of thiazole rings is 1. The van der Waals surface area contributed by atoms with Crippen LogP contribution in [0.4, 0.5) is 8.78 Å². The molecule has 94 valence electrons. The molecule has 1 aromatic heterocycles. The predicted molar refractivity (Wildman–Crippen MR) is 67.3 cm³/mol. The summed E-state index contributed by atoms with van der Waals surface area (Å²) < 4.78 is 26.6. The molecule has 5 heteroatoms. The molecule has 0 amide bonds. The van der Waals surface area contributed by atoms with E-state index in [2.05, 4.69) is 4.98 Å². The molecule has 1 aliphatic carbocycles.